The molecule has 0 radical (unpaired) electrons. The van der Waals surface area contributed by atoms with Crippen LogP contribution in [0.25, 0.3) is 0 Å². The van der Waals surface area contributed by atoms with Crippen LogP contribution in [0.4, 0.5) is 0 Å². The molecule has 1 unspecified atom stereocenters. The quantitative estimate of drug-likeness (QED) is 0.857. The van der Waals surface area contributed by atoms with Crippen LogP contribution in [-0.4, -0.2) is 24.2 Å². The first-order valence-corrected chi connectivity index (χ1v) is 7.82. The number of furan rings is 1. The Morgan fingerprint density at radius 2 is 2.17 bits per heavy atom. The lowest BCUT2D eigenvalue weighted by Crippen LogP contribution is -2.40. The van der Waals surface area contributed by atoms with E-state index in [1.54, 1.807) is 19.1 Å². The van der Waals surface area contributed by atoms with Crippen molar-refractivity contribution in [3.63, 3.8) is 0 Å². The highest BCUT2D eigenvalue weighted by molar-refractivity contribution is 5.77. The van der Waals surface area contributed by atoms with Gasteiger partial charge in [0.25, 0.3) is 5.91 Å². The lowest BCUT2D eigenvalue weighted by Gasteiger charge is -2.21. The van der Waals surface area contributed by atoms with Crippen molar-refractivity contribution in [3.8, 4) is 5.75 Å². The number of carbonyl (C=O) groups is 1. The van der Waals surface area contributed by atoms with Crippen molar-refractivity contribution in [2.45, 2.75) is 31.8 Å². The maximum atomic E-state index is 11.9. The molecule has 23 heavy (non-hydrogen) atoms. The molecule has 0 fully saturated rings. The summed E-state index contributed by atoms with van der Waals surface area (Å²) in [6.07, 6.45) is 4.87. The molecule has 1 aliphatic carbocycles. The maximum Gasteiger partial charge on any atom is 0.258 e. The van der Waals surface area contributed by atoms with Crippen molar-refractivity contribution in [2.75, 3.05) is 13.2 Å². The van der Waals surface area contributed by atoms with Gasteiger partial charge in [0.2, 0.25) is 0 Å². The van der Waals surface area contributed by atoms with Crippen molar-refractivity contribution in [1.29, 1.82) is 0 Å². The van der Waals surface area contributed by atoms with E-state index < -0.39 is 5.60 Å². The standard InChI is InChI=1S/C18H21NO4/c1-18(21,16-6-3-9-22-16)12-19-17(20)11-23-15-8-7-13-4-2-5-14(13)10-15/h3,6-10,21H,2,4-5,11-12H2,1H3,(H,19,20). The van der Waals surface area contributed by atoms with Crippen LogP contribution in [0.5, 0.6) is 5.75 Å². The topological polar surface area (TPSA) is 71.7 Å². The van der Waals surface area contributed by atoms with Crippen LogP contribution >= 0.6 is 0 Å². The third-order valence-corrected chi connectivity index (χ3v) is 4.12. The molecule has 1 aliphatic rings. The molecule has 1 atom stereocenters. The number of ether oxygens (including phenoxy) is 1. The summed E-state index contributed by atoms with van der Waals surface area (Å²) >= 11 is 0. The molecular weight excluding hydrogens is 294 g/mol. The molecule has 1 aromatic heterocycles. The fourth-order valence-corrected chi connectivity index (χ4v) is 2.78. The molecule has 5 nitrogen and oxygen atoms in total. The normalized spacial score (nSPS) is 15.7. The molecule has 1 amide bonds. The highest BCUT2D eigenvalue weighted by Gasteiger charge is 2.26. The molecule has 3 rings (SSSR count). The van der Waals surface area contributed by atoms with Gasteiger partial charge in [0.15, 0.2) is 6.61 Å². The van der Waals surface area contributed by atoms with Gasteiger partial charge in [0.1, 0.15) is 17.1 Å². The van der Waals surface area contributed by atoms with E-state index in [-0.39, 0.29) is 19.1 Å². The summed E-state index contributed by atoms with van der Waals surface area (Å²) in [4.78, 5) is 11.9. The van der Waals surface area contributed by atoms with E-state index in [2.05, 4.69) is 11.4 Å². The smallest absolute Gasteiger partial charge is 0.258 e. The van der Waals surface area contributed by atoms with Crippen LogP contribution in [-0.2, 0) is 23.2 Å². The van der Waals surface area contributed by atoms with Gasteiger partial charge in [0.05, 0.1) is 12.8 Å². The Morgan fingerprint density at radius 3 is 2.96 bits per heavy atom. The van der Waals surface area contributed by atoms with Crippen LogP contribution in [0.2, 0.25) is 0 Å². The summed E-state index contributed by atoms with van der Waals surface area (Å²) in [6.45, 7) is 1.58. The molecule has 1 heterocycles. The van der Waals surface area contributed by atoms with Gasteiger partial charge in [-0.05, 0) is 61.6 Å². The highest BCUT2D eigenvalue weighted by Crippen LogP contribution is 2.26. The van der Waals surface area contributed by atoms with Gasteiger partial charge in [-0.15, -0.1) is 0 Å². The molecular formula is C18H21NO4. The Morgan fingerprint density at radius 1 is 1.35 bits per heavy atom. The van der Waals surface area contributed by atoms with Crippen molar-refractivity contribution >= 4 is 5.91 Å². The van der Waals surface area contributed by atoms with E-state index >= 15 is 0 Å². The first-order valence-electron chi connectivity index (χ1n) is 7.82. The SMILES string of the molecule is CC(O)(CNC(=O)COc1ccc2c(c1)CCC2)c1ccco1. The molecule has 2 N–H and O–H groups in total. The highest BCUT2D eigenvalue weighted by atomic mass is 16.5. The number of amides is 1. The van der Waals surface area contributed by atoms with Crippen molar-refractivity contribution in [3.05, 3.63) is 53.5 Å². The summed E-state index contributed by atoms with van der Waals surface area (Å²) < 4.78 is 10.7. The molecule has 122 valence electrons. The number of hydrogen-bond acceptors (Lipinski definition) is 4. The first kappa shape index (κ1) is 15.6. The van der Waals surface area contributed by atoms with E-state index in [0.717, 1.165) is 12.8 Å². The number of benzene rings is 1. The fraction of sp³-hybridized carbons (Fsp3) is 0.389. The summed E-state index contributed by atoms with van der Waals surface area (Å²) in [6, 6.07) is 9.35. The summed E-state index contributed by atoms with van der Waals surface area (Å²) in [7, 11) is 0. The molecule has 0 spiro atoms. The molecule has 0 aliphatic heterocycles. The third kappa shape index (κ3) is 3.74. The Labute approximate surface area is 135 Å². The lowest BCUT2D eigenvalue weighted by molar-refractivity contribution is -0.124. The summed E-state index contributed by atoms with van der Waals surface area (Å²) in [5.41, 5.74) is 1.44. The Kier molecular flexibility index (Phi) is 4.39. The predicted octanol–water partition coefficient (Wildman–Crippen LogP) is 2.17. The second-order valence-corrected chi connectivity index (χ2v) is 6.10. The Hall–Kier alpha value is -2.27. The van der Waals surface area contributed by atoms with E-state index in [4.69, 9.17) is 9.15 Å². The van der Waals surface area contributed by atoms with Gasteiger partial charge in [-0.2, -0.15) is 0 Å². The largest absolute Gasteiger partial charge is 0.484 e. The average molecular weight is 315 g/mol. The van der Waals surface area contributed by atoms with Gasteiger partial charge in [-0.1, -0.05) is 6.07 Å². The van der Waals surface area contributed by atoms with Gasteiger partial charge < -0.3 is 19.6 Å². The summed E-state index contributed by atoms with van der Waals surface area (Å²) in [5, 5.41) is 12.9. The number of aryl methyl sites for hydroxylation is 2. The number of carbonyl (C=O) groups excluding carboxylic acids is 1. The van der Waals surface area contributed by atoms with Crippen LogP contribution in [0.15, 0.2) is 41.0 Å². The second kappa shape index (κ2) is 6.46. The number of aliphatic hydroxyl groups is 1. The van der Waals surface area contributed by atoms with E-state index in [1.165, 1.54) is 23.8 Å². The van der Waals surface area contributed by atoms with Gasteiger partial charge >= 0.3 is 0 Å². The third-order valence-electron chi connectivity index (χ3n) is 4.12. The lowest BCUT2D eigenvalue weighted by atomic mass is 10.0. The molecule has 2 aromatic rings. The molecule has 0 saturated heterocycles. The second-order valence-electron chi connectivity index (χ2n) is 6.10. The van der Waals surface area contributed by atoms with Crippen LogP contribution in [0.1, 0.15) is 30.2 Å². The van der Waals surface area contributed by atoms with E-state index in [0.29, 0.717) is 11.5 Å². The first-order chi connectivity index (χ1) is 11.0. The Balaban J connectivity index is 1.48. The molecule has 5 heteroatoms. The minimum absolute atomic E-state index is 0.0624. The zero-order valence-electron chi connectivity index (χ0n) is 13.2. The zero-order valence-corrected chi connectivity index (χ0v) is 13.2. The predicted molar refractivity (Wildman–Crippen MR) is 85.3 cm³/mol. The molecule has 1 aromatic carbocycles. The number of rotatable bonds is 6. The zero-order chi connectivity index (χ0) is 16.3. The number of hydrogen-bond donors (Lipinski definition) is 2. The van der Waals surface area contributed by atoms with Crippen LogP contribution < -0.4 is 10.1 Å². The van der Waals surface area contributed by atoms with Gasteiger partial charge in [0, 0.05) is 0 Å². The minimum Gasteiger partial charge on any atom is -0.484 e. The average Bonchev–Trinajstić information content (AvgIpc) is 3.21. The van der Waals surface area contributed by atoms with Gasteiger partial charge in [-0.25, -0.2) is 0 Å². The maximum absolute atomic E-state index is 11.9. The minimum atomic E-state index is -1.24. The Bertz CT molecular complexity index is 676. The monoisotopic (exact) mass is 315 g/mol. The van der Waals surface area contributed by atoms with E-state index in [9.17, 15) is 9.90 Å². The van der Waals surface area contributed by atoms with Gasteiger partial charge in [-0.3, -0.25) is 4.79 Å². The molecule has 0 saturated carbocycles. The van der Waals surface area contributed by atoms with Crippen molar-refractivity contribution in [2.24, 2.45) is 0 Å². The van der Waals surface area contributed by atoms with Crippen molar-refractivity contribution < 1.29 is 19.1 Å². The number of nitrogens with one attached hydrogen (secondary N) is 1. The fourth-order valence-electron chi connectivity index (χ4n) is 2.78. The van der Waals surface area contributed by atoms with E-state index in [1.807, 2.05) is 12.1 Å². The van der Waals surface area contributed by atoms with Crippen LogP contribution in [0, 0.1) is 0 Å². The summed E-state index contributed by atoms with van der Waals surface area (Å²) in [5.74, 6) is 0.841. The van der Waals surface area contributed by atoms with Crippen LogP contribution in [0.3, 0.4) is 0 Å². The molecule has 0 bridgehead atoms. The number of fused-ring (bicyclic) bond motifs is 1. The van der Waals surface area contributed by atoms with Crippen molar-refractivity contribution in [1.82, 2.24) is 5.32 Å².